The molecule has 34 heavy (non-hydrogen) atoms. The highest BCUT2D eigenvalue weighted by atomic mass is 16.2. The Kier molecular flexibility index (Phi) is 5.65. The van der Waals surface area contributed by atoms with E-state index in [2.05, 4.69) is 25.4 Å². The van der Waals surface area contributed by atoms with Gasteiger partial charge >= 0.3 is 0 Å². The summed E-state index contributed by atoms with van der Waals surface area (Å²) in [6, 6.07) is 15.2. The average Bonchev–Trinajstić information content (AvgIpc) is 3.47. The van der Waals surface area contributed by atoms with E-state index >= 15 is 0 Å². The van der Waals surface area contributed by atoms with Crippen molar-refractivity contribution in [1.29, 1.82) is 0 Å². The van der Waals surface area contributed by atoms with E-state index < -0.39 is 0 Å². The summed E-state index contributed by atoms with van der Waals surface area (Å²) >= 11 is 0. The zero-order valence-corrected chi connectivity index (χ0v) is 18.4. The minimum absolute atomic E-state index is 0.0220. The number of aromatic nitrogens is 6. The highest BCUT2D eigenvalue weighted by Crippen LogP contribution is 2.18. The van der Waals surface area contributed by atoms with Gasteiger partial charge in [0, 0.05) is 43.9 Å². The minimum Gasteiger partial charge on any atom is -0.348 e. The first kappa shape index (κ1) is 21.2. The van der Waals surface area contributed by atoms with E-state index in [0.717, 1.165) is 16.8 Å². The van der Waals surface area contributed by atoms with Gasteiger partial charge in [0.1, 0.15) is 5.69 Å². The summed E-state index contributed by atoms with van der Waals surface area (Å²) in [5.74, 6) is -0.109. The molecule has 9 nitrogen and oxygen atoms in total. The number of hydrogen-bond acceptors (Lipinski definition) is 6. The van der Waals surface area contributed by atoms with Crippen molar-refractivity contribution in [2.24, 2.45) is 7.05 Å². The van der Waals surface area contributed by atoms with E-state index in [1.165, 1.54) is 10.9 Å². The maximum absolute atomic E-state index is 13.1. The van der Waals surface area contributed by atoms with Crippen LogP contribution in [0.3, 0.4) is 0 Å². The summed E-state index contributed by atoms with van der Waals surface area (Å²) in [5.41, 5.74) is 3.73. The van der Waals surface area contributed by atoms with Crippen molar-refractivity contribution in [2.75, 3.05) is 0 Å². The number of rotatable bonds is 7. The quantitative estimate of drug-likeness (QED) is 0.381. The molecule has 0 radical (unpaired) electrons. The SMILES string of the molecule is Cn1ncc(C(=O)NCc2ccncc2)c1C(=O)Cc1ccn2cc(-c3ccccc3)nc2n1. The molecule has 1 N–H and O–H groups in total. The lowest BCUT2D eigenvalue weighted by atomic mass is 10.1. The Bertz CT molecular complexity index is 1470. The monoisotopic (exact) mass is 451 g/mol. The van der Waals surface area contributed by atoms with Gasteiger partial charge in [-0.05, 0) is 23.8 Å². The first-order valence-electron chi connectivity index (χ1n) is 10.7. The lowest BCUT2D eigenvalue weighted by Crippen LogP contribution is -2.25. The van der Waals surface area contributed by atoms with Crippen LogP contribution in [0.2, 0.25) is 0 Å². The molecule has 0 atom stereocenters. The number of hydrogen-bond donors (Lipinski definition) is 1. The van der Waals surface area contributed by atoms with Crippen molar-refractivity contribution in [1.82, 2.24) is 34.4 Å². The Morgan fingerprint density at radius 1 is 1.00 bits per heavy atom. The fourth-order valence-corrected chi connectivity index (χ4v) is 3.72. The number of nitrogens with zero attached hydrogens (tertiary/aromatic N) is 6. The smallest absolute Gasteiger partial charge is 0.255 e. The van der Waals surface area contributed by atoms with Gasteiger partial charge in [-0.15, -0.1) is 0 Å². The summed E-state index contributed by atoms with van der Waals surface area (Å²) in [6.45, 7) is 0.325. The van der Waals surface area contributed by atoms with Gasteiger partial charge in [-0.3, -0.25) is 23.7 Å². The van der Waals surface area contributed by atoms with Crippen molar-refractivity contribution >= 4 is 17.5 Å². The number of pyridine rings is 1. The van der Waals surface area contributed by atoms with Crippen LogP contribution in [0.15, 0.2) is 79.5 Å². The maximum atomic E-state index is 13.1. The predicted molar refractivity (Wildman–Crippen MR) is 125 cm³/mol. The molecule has 0 aliphatic heterocycles. The molecule has 4 heterocycles. The Labute approximate surface area is 195 Å². The van der Waals surface area contributed by atoms with Gasteiger partial charge in [0.25, 0.3) is 5.91 Å². The normalized spacial score (nSPS) is 11.0. The van der Waals surface area contributed by atoms with Crippen LogP contribution >= 0.6 is 0 Å². The molecule has 9 heteroatoms. The first-order valence-corrected chi connectivity index (χ1v) is 10.7. The third-order valence-electron chi connectivity index (χ3n) is 5.45. The van der Waals surface area contributed by atoms with Crippen molar-refractivity contribution in [3.63, 3.8) is 0 Å². The number of imidazole rings is 1. The molecule has 0 unspecified atom stereocenters. The molecule has 0 fully saturated rings. The molecular weight excluding hydrogens is 430 g/mol. The lowest BCUT2D eigenvalue weighted by molar-refractivity contribution is 0.0929. The number of amides is 1. The molecule has 1 amide bonds. The topological polar surface area (TPSA) is 107 Å². The molecule has 5 rings (SSSR count). The van der Waals surface area contributed by atoms with Gasteiger partial charge in [-0.1, -0.05) is 30.3 Å². The number of benzene rings is 1. The minimum atomic E-state index is -0.363. The number of nitrogens with one attached hydrogen (secondary N) is 1. The fraction of sp³-hybridized carbons (Fsp3) is 0.120. The second-order valence-corrected chi connectivity index (χ2v) is 7.79. The van der Waals surface area contributed by atoms with Crippen molar-refractivity contribution < 1.29 is 9.59 Å². The molecule has 0 aliphatic rings. The highest BCUT2D eigenvalue weighted by molar-refractivity contribution is 6.07. The molecular formula is C25H21N7O2. The zero-order chi connectivity index (χ0) is 23.5. The van der Waals surface area contributed by atoms with Crippen LogP contribution in [-0.2, 0) is 20.0 Å². The fourth-order valence-electron chi connectivity index (χ4n) is 3.72. The summed E-state index contributed by atoms with van der Waals surface area (Å²) in [4.78, 5) is 39.0. The Balaban J connectivity index is 1.34. The van der Waals surface area contributed by atoms with Crippen molar-refractivity contribution in [3.8, 4) is 11.3 Å². The number of fused-ring (bicyclic) bond motifs is 1. The Hall–Kier alpha value is -4.66. The Morgan fingerprint density at radius 3 is 2.59 bits per heavy atom. The number of Topliss-reactive ketones (excluding diaryl/α,β-unsaturated/α-hetero) is 1. The molecule has 0 saturated heterocycles. The van der Waals surface area contributed by atoms with Gasteiger partial charge in [0.2, 0.25) is 5.78 Å². The van der Waals surface area contributed by atoms with Gasteiger partial charge < -0.3 is 5.32 Å². The van der Waals surface area contributed by atoms with Crippen LogP contribution in [0, 0.1) is 0 Å². The van der Waals surface area contributed by atoms with Gasteiger partial charge in [0.05, 0.1) is 29.6 Å². The van der Waals surface area contributed by atoms with Crippen LogP contribution in [0.5, 0.6) is 0 Å². The van der Waals surface area contributed by atoms with Crippen LogP contribution in [-0.4, -0.2) is 40.8 Å². The zero-order valence-electron chi connectivity index (χ0n) is 18.4. The molecule has 5 aromatic rings. The van der Waals surface area contributed by atoms with Gasteiger partial charge in [-0.2, -0.15) is 5.10 Å². The van der Waals surface area contributed by atoms with E-state index in [-0.39, 0.29) is 29.4 Å². The summed E-state index contributed by atoms with van der Waals surface area (Å²) in [7, 11) is 1.64. The summed E-state index contributed by atoms with van der Waals surface area (Å²) in [6.07, 6.45) is 8.48. The molecule has 0 saturated carbocycles. The third-order valence-corrected chi connectivity index (χ3v) is 5.45. The van der Waals surface area contributed by atoms with E-state index in [0.29, 0.717) is 18.0 Å². The Morgan fingerprint density at radius 2 is 1.79 bits per heavy atom. The van der Waals surface area contributed by atoms with E-state index in [4.69, 9.17) is 0 Å². The van der Waals surface area contributed by atoms with Gasteiger partial charge in [0.15, 0.2) is 5.78 Å². The molecule has 1 aromatic carbocycles. The third kappa shape index (κ3) is 4.31. The number of carbonyl (C=O) groups excluding carboxylic acids is 2. The average molecular weight is 451 g/mol. The summed E-state index contributed by atoms with van der Waals surface area (Å²) < 4.78 is 3.24. The highest BCUT2D eigenvalue weighted by Gasteiger charge is 2.22. The summed E-state index contributed by atoms with van der Waals surface area (Å²) in [5, 5.41) is 6.96. The number of carbonyl (C=O) groups is 2. The predicted octanol–water partition coefficient (Wildman–Crippen LogP) is 2.88. The molecule has 0 aliphatic carbocycles. The van der Waals surface area contributed by atoms with Gasteiger partial charge in [-0.25, -0.2) is 9.97 Å². The largest absolute Gasteiger partial charge is 0.348 e. The van der Waals surface area contributed by atoms with E-state index in [1.54, 1.807) is 25.5 Å². The number of ketones is 1. The van der Waals surface area contributed by atoms with E-state index in [9.17, 15) is 9.59 Å². The van der Waals surface area contributed by atoms with Crippen LogP contribution < -0.4 is 5.32 Å². The van der Waals surface area contributed by atoms with Crippen LogP contribution in [0.25, 0.3) is 17.0 Å². The molecule has 168 valence electrons. The second kappa shape index (κ2) is 9.07. The molecule has 0 spiro atoms. The molecule has 4 aromatic heterocycles. The standard InChI is InChI=1S/C25H21N7O2/c1-31-23(20(15-28-31)24(34)27-14-17-7-10-26-11-8-17)22(33)13-19-9-12-32-16-21(30-25(32)29-19)18-5-3-2-4-6-18/h2-12,15-16H,13-14H2,1H3,(H,27,34). The maximum Gasteiger partial charge on any atom is 0.255 e. The van der Waals surface area contributed by atoms with Crippen molar-refractivity contribution in [3.05, 3.63) is 102 Å². The van der Waals surface area contributed by atoms with Crippen molar-refractivity contribution in [2.45, 2.75) is 13.0 Å². The van der Waals surface area contributed by atoms with E-state index in [1.807, 2.05) is 59.3 Å². The second-order valence-electron chi connectivity index (χ2n) is 7.79. The number of aryl methyl sites for hydroxylation is 1. The molecule has 0 bridgehead atoms. The first-order chi connectivity index (χ1) is 16.6. The van der Waals surface area contributed by atoms with Crippen LogP contribution in [0.1, 0.15) is 32.1 Å². The lowest BCUT2D eigenvalue weighted by Gasteiger charge is -2.07. The van der Waals surface area contributed by atoms with Crippen LogP contribution in [0.4, 0.5) is 0 Å².